The van der Waals surface area contributed by atoms with Gasteiger partial charge >= 0.3 is 0 Å². The SMILES string of the molecule is CC(NCc1cnc(-c2ccccn2)nc1)C1=CCCCC1. The molecule has 0 aromatic carbocycles. The van der Waals surface area contributed by atoms with Gasteiger partial charge in [0.05, 0.1) is 0 Å². The van der Waals surface area contributed by atoms with E-state index in [0.29, 0.717) is 11.9 Å². The fourth-order valence-corrected chi connectivity index (χ4v) is 2.73. The molecule has 4 heteroatoms. The molecule has 0 saturated carbocycles. The number of nitrogens with one attached hydrogen (secondary N) is 1. The third-order valence-corrected chi connectivity index (χ3v) is 4.09. The maximum Gasteiger partial charge on any atom is 0.178 e. The third kappa shape index (κ3) is 3.77. The molecule has 2 aromatic rings. The van der Waals surface area contributed by atoms with Crippen LogP contribution in [0, 0.1) is 0 Å². The minimum Gasteiger partial charge on any atom is -0.306 e. The normalized spacial score (nSPS) is 16.1. The molecule has 0 bridgehead atoms. The zero-order valence-corrected chi connectivity index (χ0v) is 13.0. The Morgan fingerprint density at radius 3 is 2.68 bits per heavy atom. The fraction of sp³-hybridized carbons (Fsp3) is 0.389. The molecule has 1 N–H and O–H groups in total. The Labute approximate surface area is 131 Å². The van der Waals surface area contributed by atoms with Crippen molar-refractivity contribution in [2.45, 2.75) is 45.2 Å². The van der Waals surface area contributed by atoms with Crippen molar-refractivity contribution in [1.29, 1.82) is 0 Å². The van der Waals surface area contributed by atoms with Crippen LogP contribution in [0.1, 0.15) is 38.2 Å². The zero-order valence-electron chi connectivity index (χ0n) is 13.0. The first-order chi connectivity index (χ1) is 10.8. The van der Waals surface area contributed by atoms with Crippen LogP contribution in [0.25, 0.3) is 11.5 Å². The Morgan fingerprint density at radius 1 is 1.14 bits per heavy atom. The summed E-state index contributed by atoms with van der Waals surface area (Å²) in [6.45, 7) is 3.03. The predicted octanol–water partition coefficient (Wildman–Crippen LogP) is 3.52. The smallest absolute Gasteiger partial charge is 0.178 e. The monoisotopic (exact) mass is 294 g/mol. The van der Waals surface area contributed by atoms with Gasteiger partial charge in [-0.05, 0) is 44.7 Å². The quantitative estimate of drug-likeness (QED) is 0.857. The number of nitrogens with zero attached hydrogens (tertiary/aromatic N) is 3. The largest absolute Gasteiger partial charge is 0.306 e. The van der Waals surface area contributed by atoms with Gasteiger partial charge in [0.25, 0.3) is 0 Å². The van der Waals surface area contributed by atoms with E-state index in [4.69, 9.17) is 0 Å². The zero-order chi connectivity index (χ0) is 15.2. The highest BCUT2D eigenvalue weighted by molar-refractivity contribution is 5.47. The number of hydrogen-bond acceptors (Lipinski definition) is 4. The lowest BCUT2D eigenvalue weighted by molar-refractivity contribution is 0.558. The molecule has 0 fully saturated rings. The fourth-order valence-electron chi connectivity index (χ4n) is 2.73. The lowest BCUT2D eigenvalue weighted by atomic mass is 9.95. The summed E-state index contributed by atoms with van der Waals surface area (Å²) in [6.07, 6.45) is 13.0. The van der Waals surface area contributed by atoms with E-state index in [1.165, 1.54) is 31.3 Å². The predicted molar refractivity (Wildman–Crippen MR) is 88.1 cm³/mol. The summed E-state index contributed by atoms with van der Waals surface area (Å²) in [6, 6.07) is 6.19. The van der Waals surface area contributed by atoms with Crippen molar-refractivity contribution < 1.29 is 0 Å². The van der Waals surface area contributed by atoms with Gasteiger partial charge in [-0.15, -0.1) is 0 Å². The maximum absolute atomic E-state index is 4.41. The molecular formula is C18H22N4. The van der Waals surface area contributed by atoms with E-state index in [0.717, 1.165) is 17.8 Å². The van der Waals surface area contributed by atoms with Crippen LogP contribution in [0.5, 0.6) is 0 Å². The molecule has 1 unspecified atom stereocenters. The van der Waals surface area contributed by atoms with E-state index in [9.17, 15) is 0 Å². The van der Waals surface area contributed by atoms with Crippen LogP contribution in [0.3, 0.4) is 0 Å². The number of aromatic nitrogens is 3. The Morgan fingerprint density at radius 2 is 2.00 bits per heavy atom. The van der Waals surface area contributed by atoms with Gasteiger partial charge in [-0.25, -0.2) is 9.97 Å². The Balaban J connectivity index is 1.58. The molecule has 0 aliphatic heterocycles. The first-order valence-corrected chi connectivity index (χ1v) is 7.97. The van der Waals surface area contributed by atoms with Gasteiger partial charge in [-0.1, -0.05) is 17.7 Å². The number of rotatable bonds is 5. The molecule has 0 spiro atoms. The lowest BCUT2D eigenvalue weighted by Crippen LogP contribution is -2.28. The molecule has 1 atom stereocenters. The minimum absolute atomic E-state index is 0.427. The highest BCUT2D eigenvalue weighted by Crippen LogP contribution is 2.20. The van der Waals surface area contributed by atoms with Gasteiger partial charge in [-0.3, -0.25) is 4.98 Å². The van der Waals surface area contributed by atoms with Gasteiger partial charge in [0, 0.05) is 36.7 Å². The molecule has 114 valence electrons. The average molecular weight is 294 g/mol. The number of pyridine rings is 1. The summed E-state index contributed by atoms with van der Waals surface area (Å²) in [5.41, 5.74) is 3.45. The van der Waals surface area contributed by atoms with Crippen LogP contribution in [-0.4, -0.2) is 21.0 Å². The second-order valence-electron chi connectivity index (χ2n) is 5.76. The van der Waals surface area contributed by atoms with E-state index >= 15 is 0 Å². The molecule has 2 heterocycles. The van der Waals surface area contributed by atoms with E-state index in [1.54, 1.807) is 6.20 Å². The Kier molecular flexibility index (Phi) is 4.91. The molecule has 1 aliphatic carbocycles. The van der Waals surface area contributed by atoms with Crippen molar-refractivity contribution in [1.82, 2.24) is 20.3 Å². The van der Waals surface area contributed by atoms with Gasteiger partial charge in [-0.2, -0.15) is 0 Å². The highest BCUT2D eigenvalue weighted by atomic mass is 14.9. The molecule has 4 nitrogen and oxygen atoms in total. The second-order valence-corrected chi connectivity index (χ2v) is 5.76. The van der Waals surface area contributed by atoms with Crippen LogP contribution in [0.2, 0.25) is 0 Å². The standard InChI is InChI=1S/C18H22N4/c1-14(16-7-3-2-4-8-16)20-11-15-12-21-18(22-13-15)17-9-5-6-10-19-17/h5-7,9-10,12-14,20H,2-4,8,11H2,1H3. The van der Waals surface area contributed by atoms with Crippen LogP contribution in [0.4, 0.5) is 0 Å². The minimum atomic E-state index is 0.427. The molecular weight excluding hydrogens is 272 g/mol. The van der Waals surface area contributed by atoms with Crippen molar-refractivity contribution in [3.8, 4) is 11.5 Å². The number of allylic oxidation sites excluding steroid dienone is 1. The molecule has 3 rings (SSSR count). The summed E-state index contributed by atoms with van der Waals surface area (Å²) in [7, 11) is 0. The van der Waals surface area contributed by atoms with Crippen molar-refractivity contribution in [2.75, 3.05) is 0 Å². The molecule has 1 aliphatic rings. The van der Waals surface area contributed by atoms with Gasteiger partial charge in [0.1, 0.15) is 5.69 Å². The summed E-state index contributed by atoms with van der Waals surface area (Å²) in [4.78, 5) is 13.1. The van der Waals surface area contributed by atoms with Crippen LogP contribution in [0.15, 0.2) is 48.4 Å². The molecule has 2 aromatic heterocycles. The van der Waals surface area contributed by atoms with Crippen LogP contribution >= 0.6 is 0 Å². The van der Waals surface area contributed by atoms with E-state index in [2.05, 4.69) is 33.3 Å². The Bertz CT molecular complexity index is 619. The van der Waals surface area contributed by atoms with Crippen molar-refractivity contribution >= 4 is 0 Å². The first-order valence-electron chi connectivity index (χ1n) is 7.97. The highest BCUT2D eigenvalue weighted by Gasteiger charge is 2.11. The topological polar surface area (TPSA) is 50.7 Å². The average Bonchev–Trinajstić information content (AvgIpc) is 2.61. The van der Waals surface area contributed by atoms with E-state index < -0.39 is 0 Å². The van der Waals surface area contributed by atoms with Crippen molar-refractivity contribution in [3.05, 3.63) is 54.0 Å². The van der Waals surface area contributed by atoms with E-state index in [-0.39, 0.29) is 0 Å². The van der Waals surface area contributed by atoms with Gasteiger partial charge < -0.3 is 5.32 Å². The van der Waals surface area contributed by atoms with Gasteiger partial charge in [0.15, 0.2) is 5.82 Å². The first kappa shape index (κ1) is 14.9. The summed E-state index contributed by atoms with van der Waals surface area (Å²) >= 11 is 0. The molecule has 0 amide bonds. The van der Waals surface area contributed by atoms with Crippen LogP contribution < -0.4 is 5.32 Å². The second kappa shape index (κ2) is 7.27. The van der Waals surface area contributed by atoms with Crippen LogP contribution in [-0.2, 0) is 6.54 Å². The number of hydrogen-bond donors (Lipinski definition) is 1. The molecule has 22 heavy (non-hydrogen) atoms. The Hall–Kier alpha value is -2.07. The van der Waals surface area contributed by atoms with Crippen molar-refractivity contribution in [3.63, 3.8) is 0 Å². The summed E-state index contributed by atoms with van der Waals surface area (Å²) in [5, 5.41) is 3.56. The lowest BCUT2D eigenvalue weighted by Gasteiger charge is -2.20. The summed E-state index contributed by atoms with van der Waals surface area (Å²) in [5.74, 6) is 0.674. The summed E-state index contributed by atoms with van der Waals surface area (Å²) < 4.78 is 0. The molecule has 0 radical (unpaired) electrons. The molecule has 0 saturated heterocycles. The maximum atomic E-state index is 4.41. The van der Waals surface area contributed by atoms with E-state index in [1.807, 2.05) is 30.6 Å². The third-order valence-electron chi connectivity index (χ3n) is 4.09. The van der Waals surface area contributed by atoms with Crippen molar-refractivity contribution in [2.24, 2.45) is 0 Å². The van der Waals surface area contributed by atoms with Gasteiger partial charge in [0.2, 0.25) is 0 Å².